The highest BCUT2D eigenvalue weighted by Gasteiger charge is 2.38. The van der Waals surface area contributed by atoms with Crippen LogP contribution in [0.4, 0.5) is 0 Å². The molecule has 3 rings (SSSR count). The molecule has 2 aromatic rings. The maximum atomic E-state index is 12.4. The largest absolute Gasteiger partial charge is 0.391 e. The number of imidazole rings is 1. The van der Waals surface area contributed by atoms with E-state index in [9.17, 15) is 14.7 Å². The molecule has 0 radical (unpaired) electrons. The Balaban J connectivity index is 1.53. The van der Waals surface area contributed by atoms with Crippen LogP contribution in [0.5, 0.6) is 0 Å². The van der Waals surface area contributed by atoms with Gasteiger partial charge in [0.15, 0.2) is 5.82 Å². The number of nitrogens with one attached hydrogen (secondary N) is 4. The van der Waals surface area contributed by atoms with Gasteiger partial charge in [0.05, 0.1) is 17.8 Å². The Morgan fingerprint density at radius 1 is 1.36 bits per heavy atom. The van der Waals surface area contributed by atoms with Gasteiger partial charge in [-0.2, -0.15) is 5.10 Å². The van der Waals surface area contributed by atoms with Gasteiger partial charge in [-0.3, -0.25) is 14.7 Å². The molecular weight excluding hydrogens is 324 g/mol. The summed E-state index contributed by atoms with van der Waals surface area (Å²) in [6, 6.07) is -0.467. The molecule has 0 aromatic carbocycles. The monoisotopic (exact) mass is 346 g/mol. The van der Waals surface area contributed by atoms with Gasteiger partial charge in [0, 0.05) is 36.1 Å². The van der Waals surface area contributed by atoms with E-state index in [0.29, 0.717) is 19.4 Å². The number of aromatic amines is 2. The van der Waals surface area contributed by atoms with Gasteiger partial charge in [-0.25, -0.2) is 4.98 Å². The van der Waals surface area contributed by atoms with Crippen LogP contribution in [0.15, 0.2) is 12.4 Å². The maximum Gasteiger partial charge on any atom is 0.287 e. The van der Waals surface area contributed by atoms with Crippen molar-refractivity contribution in [2.45, 2.75) is 45.4 Å². The molecule has 2 heterocycles. The Bertz CT molecular complexity index is 735. The Morgan fingerprint density at radius 3 is 2.80 bits per heavy atom. The molecule has 5 N–H and O–H groups in total. The fourth-order valence-corrected chi connectivity index (χ4v) is 3.17. The van der Waals surface area contributed by atoms with Crippen LogP contribution in [-0.4, -0.2) is 49.2 Å². The number of amides is 2. The number of aromatic nitrogens is 4. The van der Waals surface area contributed by atoms with Gasteiger partial charge >= 0.3 is 0 Å². The fourth-order valence-electron chi connectivity index (χ4n) is 3.17. The van der Waals surface area contributed by atoms with Gasteiger partial charge in [-0.05, 0) is 26.7 Å². The quantitative estimate of drug-likeness (QED) is 0.516. The van der Waals surface area contributed by atoms with Crippen LogP contribution in [0.3, 0.4) is 0 Å². The molecular formula is C16H22N6O3. The van der Waals surface area contributed by atoms with Gasteiger partial charge in [0.1, 0.15) is 0 Å². The zero-order valence-electron chi connectivity index (χ0n) is 14.2. The second-order valence-corrected chi connectivity index (χ2v) is 6.38. The third-order valence-electron chi connectivity index (χ3n) is 4.65. The summed E-state index contributed by atoms with van der Waals surface area (Å²) in [7, 11) is 0. The van der Waals surface area contributed by atoms with Crippen LogP contribution in [0.25, 0.3) is 0 Å². The number of hydrogen-bond acceptors (Lipinski definition) is 5. The Labute approximate surface area is 144 Å². The van der Waals surface area contributed by atoms with E-state index in [1.54, 1.807) is 6.20 Å². The number of carbonyl (C=O) groups excluding carboxylic acids is 2. The average Bonchev–Trinajstić information content (AvgIpc) is 3.29. The third-order valence-corrected chi connectivity index (χ3v) is 4.65. The molecule has 0 saturated heterocycles. The number of H-pyrrole nitrogens is 2. The highest BCUT2D eigenvalue weighted by Crippen LogP contribution is 2.26. The van der Waals surface area contributed by atoms with Crippen LogP contribution in [-0.2, 0) is 11.3 Å². The standard InChI is InChI=1S/C16H22N6O3/c1-8-11(9(2)22-21-8)7-19-15(24)10-5-12(13(23)6-10)20-16(25)14-17-3-4-18-14/h3-4,10,12-13,23H,5-7H2,1-2H3,(H,17,18)(H,19,24)(H,20,25)(H,21,22)/t10-,12+,13+/m0/s1. The van der Waals surface area contributed by atoms with Crippen LogP contribution in [0, 0.1) is 19.8 Å². The molecule has 2 aromatic heterocycles. The SMILES string of the molecule is Cc1n[nH]c(C)c1CNC(=O)[C@@H]1C[C@@H](O)[C@H](NC(=O)c2ncc[nH]2)C1. The summed E-state index contributed by atoms with van der Waals surface area (Å²) < 4.78 is 0. The molecule has 9 heteroatoms. The maximum absolute atomic E-state index is 12.4. The lowest BCUT2D eigenvalue weighted by atomic mass is 10.1. The highest BCUT2D eigenvalue weighted by molar-refractivity contribution is 5.90. The minimum atomic E-state index is -0.757. The zero-order chi connectivity index (χ0) is 18.0. The number of hydrogen-bond donors (Lipinski definition) is 5. The molecule has 25 heavy (non-hydrogen) atoms. The number of aryl methyl sites for hydroxylation is 2. The molecule has 1 saturated carbocycles. The van der Waals surface area contributed by atoms with Gasteiger partial charge in [-0.15, -0.1) is 0 Å². The number of carbonyl (C=O) groups is 2. The molecule has 1 aliphatic rings. The molecule has 1 aliphatic carbocycles. The van der Waals surface area contributed by atoms with E-state index in [1.807, 2.05) is 13.8 Å². The van der Waals surface area contributed by atoms with E-state index in [2.05, 4.69) is 30.8 Å². The molecule has 0 aliphatic heterocycles. The van der Waals surface area contributed by atoms with E-state index in [1.165, 1.54) is 6.20 Å². The topological polar surface area (TPSA) is 136 Å². The summed E-state index contributed by atoms with van der Waals surface area (Å²) >= 11 is 0. The molecule has 0 unspecified atom stereocenters. The van der Waals surface area contributed by atoms with Gasteiger partial charge in [0.25, 0.3) is 5.91 Å². The van der Waals surface area contributed by atoms with Crippen molar-refractivity contribution >= 4 is 11.8 Å². The second kappa shape index (κ2) is 7.06. The average molecular weight is 346 g/mol. The molecule has 134 valence electrons. The van der Waals surface area contributed by atoms with Crippen molar-refractivity contribution in [3.8, 4) is 0 Å². The predicted octanol–water partition coefficient (Wildman–Crippen LogP) is -0.0647. The van der Waals surface area contributed by atoms with Crippen LogP contribution in [0.1, 0.15) is 40.4 Å². The van der Waals surface area contributed by atoms with Crippen molar-refractivity contribution in [1.82, 2.24) is 30.8 Å². The van der Waals surface area contributed by atoms with Crippen molar-refractivity contribution in [1.29, 1.82) is 0 Å². The number of aliphatic hydroxyl groups is 1. The molecule has 2 amide bonds. The molecule has 1 fully saturated rings. The Hall–Kier alpha value is -2.68. The fraction of sp³-hybridized carbons (Fsp3) is 0.500. The minimum absolute atomic E-state index is 0.131. The van der Waals surface area contributed by atoms with E-state index in [4.69, 9.17) is 0 Å². The lowest BCUT2D eigenvalue weighted by molar-refractivity contribution is -0.125. The summed E-state index contributed by atoms with van der Waals surface area (Å²) in [5, 5.41) is 22.8. The lowest BCUT2D eigenvalue weighted by Gasteiger charge is -2.15. The van der Waals surface area contributed by atoms with Crippen molar-refractivity contribution in [2.24, 2.45) is 5.92 Å². The Kier molecular flexibility index (Phi) is 4.84. The first kappa shape index (κ1) is 17.2. The summed E-state index contributed by atoms with van der Waals surface area (Å²) in [6.07, 6.45) is 2.99. The van der Waals surface area contributed by atoms with Crippen LogP contribution in [0.2, 0.25) is 0 Å². The molecule has 0 bridgehead atoms. The first-order chi connectivity index (χ1) is 12.0. The zero-order valence-corrected chi connectivity index (χ0v) is 14.2. The van der Waals surface area contributed by atoms with E-state index in [0.717, 1.165) is 17.0 Å². The van der Waals surface area contributed by atoms with Crippen LogP contribution >= 0.6 is 0 Å². The highest BCUT2D eigenvalue weighted by atomic mass is 16.3. The molecule has 9 nitrogen and oxygen atoms in total. The summed E-state index contributed by atoms with van der Waals surface area (Å²) in [5.41, 5.74) is 2.75. The molecule has 3 atom stereocenters. The van der Waals surface area contributed by atoms with E-state index >= 15 is 0 Å². The predicted molar refractivity (Wildman–Crippen MR) is 88.5 cm³/mol. The summed E-state index contributed by atoms with van der Waals surface area (Å²) in [5.74, 6) is -0.677. The van der Waals surface area contributed by atoms with Crippen molar-refractivity contribution in [3.05, 3.63) is 35.2 Å². The van der Waals surface area contributed by atoms with E-state index in [-0.39, 0.29) is 23.6 Å². The number of nitrogens with zero attached hydrogens (tertiary/aromatic N) is 2. The smallest absolute Gasteiger partial charge is 0.287 e. The number of rotatable bonds is 5. The van der Waals surface area contributed by atoms with Gasteiger partial charge in [0.2, 0.25) is 5.91 Å². The van der Waals surface area contributed by atoms with Gasteiger partial charge in [-0.1, -0.05) is 0 Å². The van der Waals surface area contributed by atoms with Crippen molar-refractivity contribution in [3.63, 3.8) is 0 Å². The Morgan fingerprint density at radius 2 is 2.16 bits per heavy atom. The summed E-state index contributed by atoms with van der Waals surface area (Å²) in [6.45, 7) is 4.18. The molecule has 0 spiro atoms. The first-order valence-electron chi connectivity index (χ1n) is 8.22. The minimum Gasteiger partial charge on any atom is -0.391 e. The number of aliphatic hydroxyl groups excluding tert-OH is 1. The summed E-state index contributed by atoms with van der Waals surface area (Å²) in [4.78, 5) is 31.0. The third kappa shape index (κ3) is 3.71. The van der Waals surface area contributed by atoms with Crippen LogP contribution < -0.4 is 10.6 Å². The lowest BCUT2D eigenvalue weighted by Crippen LogP contribution is -2.40. The van der Waals surface area contributed by atoms with E-state index < -0.39 is 12.1 Å². The van der Waals surface area contributed by atoms with Crippen molar-refractivity contribution in [2.75, 3.05) is 0 Å². The van der Waals surface area contributed by atoms with Gasteiger partial charge < -0.3 is 20.7 Å². The normalized spacial score (nSPS) is 22.8. The first-order valence-corrected chi connectivity index (χ1v) is 8.22. The second-order valence-electron chi connectivity index (χ2n) is 6.38. The van der Waals surface area contributed by atoms with Crippen molar-refractivity contribution < 1.29 is 14.7 Å².